The molecule has 3 fully saturated rings. The van der Waals surface area contributed by atoms with E-state index in [-0.39, 0.29) is 40.9 Å². The molecule has 3 heterocycles. The van der Waals surface area contributed by atoms with Gasteiger partial charge in [-0.05, 0) is 102 Å². The summed E-state index contributed by atoms with van der Waals surface area (Å²) in [6, 6.07) is 36.8. The summed E-state index contributed by atoms with van der Waals surface area (Å²) >= 11 is 3.52. The van der Waals surface area contributed by atoms with Crippen LogP contribution in [0, 0.1) is 17.8 Å². The van der Waals surface area contributed by atoms with E-state index < -0.39 is 33.4 Å². The molecule has 318 valence electrons. The van der Waals surface area contributed by atoms with Crippen LogP contribution in [0.5, 0.6) is 5.75 Å². The summed E-state index contributed by atoms with van der Waals surface area (Å²) in [4.78, 5) is 33.6. The van der Waals surface area contributed by atoms with E-state index in [1.807, 2.05) is 43.3 Å². The minimum absolute atomic E-state index is 0.0800. The van der Waals surface area contributed by atoms with Crippen molar-refractivity contribution in [1.29, 1.82) is 0 Å². The van der Waals surface area contributed by atoms with Crippen molar-refractivity contribution in [2.45, 2.75) is 89.8 Å². The number of piperidine rings is 1. The summed E-state index contributed by atoms with van der Waals surface area (Å²) in [6.45, 7) is 11.6. The Balaban J connectivity index is 1.13. The van der Waals surface area contributed by atoms with E-state index in [9.17, 15) is 19.7 Å². The number of nitrogens with zero attached hydrogens (tertiary/aromatic N) is 2. The van der Waals surface area contributed by atoms with Crippen molar-refractivity contribution in [3.8, 4) is 5.75 Å². The van der Waals surface area contributed by atoms with Crippen LogP contribution in [0.15, 0.2) is 130 Å². The quantitative estimate of drug-likeness (QED) is 0.0838. The zero-order chi connectivity index (χ0) is 42.9. The minimum Gasteiger partial charge on any atom is -0.507 e. The van der Waals surface area contributed by atoms with Gasteiger partial charge in [-0.25, -0.2) is 0 Å². The van der Waals surface area contributed by atoms with Crippen LogP contribution in [0.4, 0.5) is 0 Å². The number of amides is 2. The summed E-state index contributed by atoms with van der Waals surface area (Å²) in [5.41, 5.74) is 5.06. The molecular weight excluding hydrogens is 843 g/mol. The van der Waals surface area contributed by atoms with Crippen molar-refractivity contribution >= 4 is 59.6 Å². The molecule has 3 saturated heterocycles. The normalized spacial score (nSPS) is 23.1. The molecule has 3 aliphatic heterocycles. The SMILES string of the molecule is C/C(=C\c1cc(Br)ccc1O)CC[C@H]1OB(O)C[C@H]2C1=C(CO[Si](c1ccccc1)(c1ccccc1)C(C)(C)C)C[C@H]1C(=O)N(C3CCN(Cc4ccccc4)CC3)C(=O)[C@H]12. The molecule has 2 N–H and O–H groups in total. The smallest absolute Gasteiger partial charge is 0.455 e. The molecule has 11 heteroatoms. The molecule has 4 aliphatic rings. The van der Waals surface area contributed by atoms with Gasteiger partial charge in [-0.3, -0.25) is 19.4 Å². The lowest BCUT2D eigenvalue weighted by Gasteiger charge is -2.46. The second kappa shape index (κ2) is 18.3. The summed E-state index contributed by atoms with van der Waals surface area (Å²) in [6.07, 6.45) is 4.85. The zero-order valence-corrected chi connectivity index (χ0v) is 38.4. The zero-order valence-electron chi connectivity index (χ0n) is 35.8. The van der Waals surface area contributed by atoms with Crippen molar-refractivity contribution in [2.24, 2.45) is 17.8 Å². The van der Waals surface area contributed by atoms with Crippen LogP contribution in [-0.4, -0.2) is 79.0 Å². The first-order valence-electron chi connectivity index (χ1n) is 21.9. The van der Waals surface area contributed by atoms with Crippen molar-refractivity contribution < 1.29 is 28.8 Å². The fourth-order valence-electron chi connectivity index (χ4n) is 10.8. The number of allylic oxidation sites excluding steroid dienone is 1. The number of carbonyl (C=O) groups excluding carboxylic acids is 2. The topological polar surface area (TPSA) is 99.5 Å². The Hall–Kier alpha value is -4.10. The lowest BCUT2D eigenvalue weighted by molar-refractivity contribution is -0.144. The Kier molecular flexibility index (Phi) is 13.1. The Labute approximate surface area is 371 Å². The van der Waals surface area contributed by atoms with E-state index in [0.29, 0.717) is 25.9 Å². The molecule has 0 radical (unpaired) electrons. The molecule has 4 atom stereocenters. The predicted molar refractivity (Wildman–Crippen MR) is 249 cm³/mol. The Morgan fingerprint density at radius 2 is 1.52 bits per heavy atom. The third kappa shape index (κ3) is 8.92. The Morgan fingerprint density at radius 1 is 0.902 bits per heavy atom. The van der Waals surface area contributed by atoms with Crippen LogP contribution < -0.4 is 10.4 Å². The predicted octanol–water partition coefficient (Wildman–Crippen LogP) is 8.38. The molecule has 8 rings (SSSR count). The van der Waals surface area contributed by atoms with Crippen molar-refractivity contribution in [3.05, 3.63) is 142 Å². The van der Waals surface area contributed by atoms with Crippen LogP contribution >= 0.6 is 15.9 Å². The molecule has 0 aromatic heterocycles. The standard InChI is InChI=1S/C50H58BBrN2O6Si/c1-34(28-36-29-38(52)21-22-44(36)55)20-23-45-46-37(33-59-61(50(2,3)4,40-16-10-6-11-17-40)41-18-12-7-13-19-41)30-42-47(43(46)31-51(58)60-45)49(57)54(48(42)56)39-24-26-53(27-25-39)32-35-14-8-5-9-15-35/h5-19,21-22,28-29,39,42-43,45,47,55,58H,20,23-27,30-33H2,1-4H3/b34-28+/t42-,43+,45-,47-/m1/s1. The third-order valence-corrected chi connectivity index (χ3v) is 19.1. The first-order chi connectivity index (χ1) is 29.3. The highest BCUT2D eigenvalue weighted by Gasteiger charge is 2.59. The van der Waals surface area contributed by atoms with Crippen LogP contribution in [-0.2, 0) is 25.2 Å². The van der Waals surface area contributed by atoms with Crippen molar-refractivity contribution in [3.63, 3.8) is 0 Å². The lowest BCUT2D eigenvalue weighted by atomic mass is 9.58. The van der Waals surface area contributed by atoms with Gasteiger partial charge in [0.2, 0.25) is 11.8 Å². The van der Waals surface area contributed by atoms with Crippen LogP contribution in [0.3, 0.4) is 0 Å². The van der Waals surface area contributed by atoms with E-state index in [1.54, 1.807) is 11.0 Å². The highest BCUT2D eigenvalue weighted by atomic mass is 79.9. The summed E-state index contributed by atoms with van der Waals surface area (Å²) < 4.78 is 14.9. The number of phenols is 1. The van der Waals surface area contributed by atoms with Gasteiger partial charge in [-0.15, -0.1) is 0 Å². The number of carbonyl (C=O) groups is 2. The highest BCUT2D eigenvalue weighted by Crippen LogP contribution is 2.52. The van der Waals surface area contributed by atoms with Crippen LogP contribution in [0.1, 0.15) is 70.9 Å². The minimum atomic E-state index is -2.98. The molecule has 0 bridgehead atoms. The fraction of sp³-hybridized carbons (Fsp3) is 0.400. The van der Waals surface area contributed by atoms with Gasteiger partial charge in [-0.1, -0.05) is 139 Å². The molecule has 0 saturated carbocycles. The molecule has 1 aliphatic carbocycles. The van der Waals surface area contributed by atoms with Gasteiger partial charge in [0.05, 0.1) is 24.5 Å². The van der Waals surface area contributed by atoms with E-state index in [2.05, 4.69) is 114 Å². The number of aromatic hydroxyl groups is 1. The van der Waals surface area contributed by atoms with Gasteiger partial charge in [-0.2, -0.15) is 0 Å². The molecule has 0 spiro atoms. The average molecular weight is 902 g/mol. The number of hydrogen-bond acceptors (Lipinski definition) is 7. The van der Waals surface area contributed by atoms with Gasteiger partial charge in [0.25, 0.3) is 8.32 Å². The number of benzene rings is 4. The largest absolute Gasteiger partial charge is 0.507 e. The third-order valence-electron chi connectivity index (χ3n) is 13.6. The molecule has 8 nitrogen and oxygen atoms in total. The van der Waals surface area contributed by atoms with E-state index in [1.165, 1.54) is 15.9 Å². The maximum atomic E-state index is 14.8. The van der Waals surface area contributed by atoms with Gasteiger partial charge in [0, 0.05) is 35.7 Å². The number of hydrogen-bond donors (Lipinski definition) is 2. The summed E-state index contributed by atoms with van der Waals surface area (Å²) in [7, 11) is -4.06. The summed E-state index contributed by atoms with van der Waals surface area (Å²) in [5.74, 6) is -1.41. The first-order valence-corrected chi connectivity index (χ1v) is 24.6. The molecule has 61 heavy (non-hydrogen) atoms. The number of imide groups is 1. The molecule has 2 amide bonds. The highest BCUT2D eigenvalue weighted by molar-refractivity contribution is 9.10. The number of halogens is 1. The van der Waals surface area contributed by atoms with Crippen molar-refractivity contribution in [2.75, 3.05) is 19.7 Å². The molecular formula is C50H58BBrN2O6Si. The molecule has 4 aromatic carbocycles. The molecule has 4 aromatic rings. The van der Waals surface area contributed by atoms with E-state index in [4.69, 9.17) is 9.08 Å². The fourth-order valence-corrected chi connectivity index (χ4v) is 15.7. The molecule has 0 unspecified atom stereocenters. The first kappa shape index (κ1) is 43.5. The monoisotopic (exact) mass is 900 g/mol. The van der Waals surface area contributed by atoms with Crippen LogP contribution in [0.25, 0.3) is 6.08 Å². The van der Waals surface area contributed by atoms with Crippen LogP contribution in [0.2, 0.25) is 11.4 Å². The second-order valence-corrected chi connectivity index (χ2v) is 23.8. The van der Waals surface area contributed by atoms with Gasteiger partial charge in [0.1, 0.15) is 5.75 Å². The van der Waals surface area contributed by atoms with E-state index in [0.717, 1.165) is 59.2 Å². The summed E-state index contributed by atoms with van der Waals surface area (Å²) in [5, 5.41) is 24.1. The Bertz CT molecular complexity index is 2220. The van der Waals surface area contributed by atoms with Gasteiger partial charge in [0.15, 0.2) is 0 Å². The van der Waals surface area contributed by atoms with Gasteiger partial charge < -0.3 is 19.2 Å². The lowest BCUT2D eigenvalue weighted by Crippen LogP contribution is -2.66. The van der Waals surface area contributed by atoms with Crippen molar-refractivity contribution in [1.82, 2.24) is 9.80 Å². The second-order valence-electron chi connectivity index (χ2n) is 18.5. The maximum absolute atomic E-state index is 14.8. The maximum Gasteiger partial charge on any atom is 0.455 e. The number of phenolic OH excluding ortho intramolecular Hbond substituents is 1. The van der Waals surface area contributed by atoms with E-state index >= 15 is 0 Å². The Morgan fingerprint density at radius 3 is 2.15 bits per heavy atom. The average Bonchev–Trinajstić information content (AvgIpc) is 3.50. The number of likely N-dealkylation sites (tertiary alicyclic amines) is 2. The number of fused-ring (bicyclic) bond motifs is 3. The number of rotatable bonds is 12. The van der Waals surface area contributed by atoms with Gasteiger partial charge >= 0.3 is 7.12 Å².